The number of ketones is 1. The Morgan fingerprint density at radius 2 is 1.59 bits per heavy atom. The van der Waals surface area contributed by atoms with Crippen molar-refractivity contribution in [3.8, 4) is 17.0 Å². The van der Waals surface area contributed by atoms with Crippen molar-refractivity contribution >= 4 is 23.1 Å². The SMILES string of the molecule is O=C1CCCOc2ccc(cc2)-c2ccnc(n2)Nc2ccc(N3CCOCC3)c(c2)CN2CCN(CC2)C1. The van der Waals surface area contributed by atoms with Gasteiger partial charge in [0.2, 0.25) is 5.95 Å². The molecule has 0 radical (unpaired) electrons. The van der Waals surface area contributed by atoms with E-state index in [1.807, 2.05) is 30.3 Å². The molecule has 9 rings (SSSR count). The van der Waals surface area contributed by atoms with Gasteiger partial charge in [0.25, 0.3) is 0 Å². The number of morpholine rings is 1. The average Bonchev–Trinajstić information content (AvgIpc) is 2.97. The summed E-state index contributed by atoms with van der Waals surface area (Å²) < 4.78 is 11.5. The van der Waals surface area contributed by atoms with Gasteiger partial charge in [-0.1, -0.05) is 0 Å². The van der Waals surface area contributed by atoms with Gasteiger partial charge >= 0.3 is 0 Å². The molecule has 6 aliphatic rings. The number of carbonyl (C=O) groups excluding carboxylic acids is 1. The minimum absolute atomic E-state index is 0.289. The van der Waals surface area contributed by atoms with Crippen LogP contribution in [0.5, 0.6) is 5.75 Å². The Morgan fingerprint density at radius 3 is 2.38 bits per heavy atom. The van der Waals surface area contributed by atoms with E-state index in [2.05, 4.69) is 43.2 Å². The Balaban J connectivity index is 1.29. The fourth-order valence-electron chi connectivity index (χ4n) is 5.47. The summed E-state index contributed by atoms with van der Waals surface area (Å²) in [5.74, 6) is 1.65. The number of hydrogen-bond donors (Lipinski definition) is 1. The molecule has 0 aliphatic carbocycles. The van der Waals surface area contributed by atoms with Crippen LogP contribution in [0.4, 0.5) is 17.3 Å². The number of anilines is 3. The summed E-state index contributed by atoms with van der Waals surface area (Å²) in [5.41, 5.74) is 5.34. The third-order valence-electron chi connectivity index (χ3n) is 7.62. The van der Waals surface area contributed by atoms with Crippen molar-refractivity contribution in [1.29, 1.82) is 0 Å². The van der Waals surface area contributed by atoms with Gasteiger partial charge in [-0.3, -0.25) is 14.6 Å². The van der Waals surface area contributed by atoms with Crippen LogP contribution in [0.1, 0.15) is 18.4 Å². The molecule has 0 amide bonds. The van der Waals surface area contributed by atoms with Crippen LogP contribution in [0.2, 0.25) is 0 Å². The van der Waals surface area contributed by atoms with Crippen LogP contribution < -0.4 is 15.0 Å². The van der Waals surface area contributed by atoms with Crippen LogP contribution in [-0.4, -0.2) is 91.2 Å². The number of benzene rings is 2. The van der Waals surface area contributed by atoms with E-state index in [4.69, 9.17) is 14.5 Å². The minimum atomic E-state index is 0.289. The van der Waals surface area contributed by atoms with Gasteiger partial charge in [-0.05, 0) is 60.5 Å². The van der Waals surface area contributed by atoms with Crippen LogP contribution in [-0.2, 0) is 16.1 Å². The van der Waals surface area contributed by atoms with Crippen molar-refractivity contribution < 1.29 is 14.3 Å². The summed E-state index contributed by atoms with van der Waals surface area (Å²) in [6, 6.07) is 16.4. The molecule has 1 aromatic heterocycles. The highest BCUT2D eigenvalue weighted by atomic mass is 16.5. The van der Waals surface area contributed by atoms with Crippen LogP contribution in [0.3, 0.4) is 0 Å². The maximum absolute atomic E-state index is 12.6. The standard InChI is InChI=1S/C30H36N6O3/c37-26-2-1-17-39-27-6-3-23(4-7-27)28-9-10-31-30(33-28)32-25-5-8-29(36-15-18-38-19-16-36)24(20-25)21-34-11-13-35(22-26)14-12-34/h3-10,20H,1-2,11-19,21-22H2,(H,31,32,33). The second-order valence-corrected chi connectivity index (χ2v) is 10.4. The van der Waals surface area contributed by atoms with Gasteiger partial charge in [-0.2, -0.15) is 0 Å². The molecule has 2 fully saturated rings. The molecule has 0 spiro atoms. The predicted octanol–water partition coefficient (Wildman–Crippen LogP) is 3.58. The monoisotopic (exact) mass is 528 g/mol. The lowest BCUT2D eigenvalue weighted by Gasteiger charge is -2.36. The molecule has 0 unspecified atom stereocenters. The smallest absolute Gasteiger partial charge is 0.227 e. The molecule has 0 saturated carbocycles. The van der Waals surface area contributed by atoms with E-state index in [9.17, 15) is 4.79 Å². The summed E-state index contributed by atoms with van der Waals surface area (Å²) >= 11 is 0. The number of aromatic nitrogens is 2. The molecular weight excluding hydrogens is 492 g/mol. The highest BCUT2D eigenvalue weighted by Gasteiger charge is 2.22. The van der Waals surface area contributed by atoms with Gasteiger partial charge in [-0.25, -0.2) is 9.97 Å². The summed E-state index contributed by atoms with van der Waals surface area (Å²) in [5, 5.41) is 3.44. The number of nitrogens with zero attached hydrogens (tertiary/aromatic N) is 5. The van der Waals surface area contributed by atoms with Crippen LogP contribution in [0.25, 0.3) is 11.3 Å². The van der Waals surface area contributed by atoms with Crippen molar-refractivity contribution in [2.75, 3.05) is 75.9 Å². The molecule has 0 atom stereocenters. The maximum atomic E-state index is 12.6. The number of Topliss-reactive ketones (excluding diaryl/α,β-unsaturated/α-hetero) is 1. The number of carbonyl (C=O) groups is 1. The van der Waals surface area contributed by atoms with Crippen molar-refractivity contribution in [3.05, 3.63) is 60.3 Å². The zero-order valence-electron chi connectivity index (χ0n) is 22.3. The Kier molecular flexibility index (Phi) is 7.99. The normalized spacial score (nSPS) is 22.4. The number of hydrogen-bond acceptors (Lipinski definition) is 9. The second-order valence-electron chi connectivity index (χ2n) is 10.4. The molecule has 6 aliphatic heterocycles. The highest BCUT2D eigenvalue weighted by Crippen LogP contribution is 2.29. The lowest BCUT2D eigenvalue weighted by molar-refractivity contribution is -0.120. The van der Waals surface area contributed by atoms with E-state index in [0.29, 0.717) is 25.5 Å². The van der Waals surface area contributed by atoms with E-state index in [0.717, 1.165) is 88.1 Å². The van der Waals surface area contributed by atoms with Crippen molar-refractivity contribution in [1.82, 2.24) is 19.8 Å². The molecule has 39 heavy (non-hydrogen) atoms. The molecule has 9 heteroatoms. The molecule has 204 valence electrons. The van der Waals surface area contributed by atoms with E-state index < -0.39 is 0 Å². The average molecular weight is 529 g/mol. The Morgan fingerprint density at radius 1 is 0.821 bits per heavy atom. The van der Waals surface area contributed by atoms with Gasteiger partial charge < -0.3 is 19.7 Å². The van der Waals surface area contributed by atoms with Gasteiger partial charge in [0.05, 0.1) is 32.1 Å². The number of ether oxygens (including phenoxy) is 2. The first-order valence-electron chi connectivity index (χ1n) is 13.9. The number of piperazine rings is 1. The van der Waals surface area contributed by atoms with E-state index in [-0.39, 0.29) is 5.78 Å². The van der Waals surface area contributed by atoms with Crippen molar-refractivity contribution in [3.63, 3.8) is 0 Å². The zero-order valence-corrected chi connectivity index (χ0v) is 22.3. The Hall–Kier alpha value is -3.53. The fourth-order valence-corrected chi connectivity index (χ4v) is 5.47. The number of rotatable bonds is 1. The Labute approximate surface area is 229 Å². The summed E-state index contributed by atoms with van der Waals surface area (Å²) in [6.07, 6.45) is 3.06. The van der Waals surface area contributed by atoms with E-state index >= 15 is 0 Å². The van der Waals surface area contributed by atoms with Crippen LogP contribution >= 0.6 is 0 Å². The second kappa shape index (κ2) is 12.1. The van der Waals surface area contributed by atoms with Crippen molar-refractivity contribution in [2.24, 2.45) is 0 Å². The summed E-state index contributed by atoms with van der Waals surface area (Å²) in [6.45, 7) is 8.89. The fraction of sp³-hybridized carbons (Fsp3) is 0.433. The number of nitrogens with one attached hydrogen (secondary N) is 1. The lowest BCUT2D eigenvalue weighted by atomic mass is 10.1. The molecule has 2 saturated heterocycles. The lowest BCUT2D eigenvalue weighted by Crippen LogP contribution is -2.47. The van der Waals surface area contributed by atoms with Gasteiger partial charge in [0.1, 0.15) is 11.5 Å². The predicted molar refractivity (Wildman–Crippen MR) is 152 cm³/mol. The first-order valence-corrected chi connectivity index (χ1v) is 13.9. The molecule has 3 aromatic rings. The molecule has 2 aromatic carbocycles. The largest absolute Gasteiger partial charge is 0.494 e. The molecule has 7 heterocycles. The Bertz CT molecular complexity index is 1270. The highest BCUT2D eigenvalue weighted by molar-refractivity contribution is 5.80. The summed E-state index contributed by atoms with van der Waals surface area (Å²) in [7, 11) is 0. The van der Waals surface area contributed by atoms with Gasteiger partial charge in [-0.15, -0.1) is 0 Å². The first-order chi connectivity index (χ1) is 19.2. The third kappa shape index (κ3) is 6.55. The van der Waals surface area contributed by atoms with Gasteiger partial charge in [0.15, 0.2) is 0 Å². The summed E-state index contributed by atoms with van der Waals surface area (Å²) in [4.78, 5) is 29.1. The van der Waals surface area contributed by atoms with Crippen molar-refractivity contribution in [2.45, 2.75) is 19.4 Å². The van der Waals surface area contributed by atoms with E-state index in [1.165, 1.54) is 11.3 Å². The molecule has 1 N–H and O–H groups in total. The maximum Gasteiger partial charge on any atom is 0.227 e. The van der Waals surface area contributed by atoms with Crippen LogP contribution in [0.15, 0.2) is 54.7 Å². The molecule has 9 nitrogen and oxygen atoms in total. The topological polar surface area (TPSA) is 83.1 Å². The molecular formula is C30H36N6O3. The minimum Gasteiger partial charge on any atom is -0.494 e. The first kappa shape index (κ1) is 25.7. The zero-order chi connectivity index (χ0) is 26.4. The molecule has 8 bridgehead atoms. The quantitative estimate of drug-likeness (QED) is 0.510. The van der Waals surface area contributed by atoms with E-state index in [1.54, 1.807) is 6.20 Å². The third-order valence-corrected chi connectivity index (χ3v) is 7.62. The van der Waals surface area contributed by atoms with Gasteiger partial charge in [0, 0.05) is 75.4 Å². The van der Waals surface area contributed by atoms with Crippen LogP contribution in [0, 0.1) is 0 Å².